The third-order valence-electron chi connectivity index (χ3n) is 2.27. The number of halogens is 2. The fourth-order valence-electron chi connectivity index (χ4n) is 1.41. The number of H-pyrrole nitrogens is 1. The highest BCUT2D eigenvalue weighted by Gasteiger charge is 2.10. The summed E-state index contributed by atoms with van der Waals surface area (Å²) in [5.74, 6) is -0.221. The molecule has 0 atom stereocenters. The Hall–Kier alpha value is -1.26. The average molecular weight is 314 g/mol. The molecular weight excluding hydrogens is 304 g/mol. The van der Waals surface area contributed by atoms with E-state index in [1.807, 2.05) is 19.1 Å². The molecule has 0 unspecified atom stereocenters. The lowest BCUT2D eigenvalue weighted by Gasteiger charge is -2.06. The molecule has 0 aliphatic carbocycles. The summed E-state index contributed by atoms with van der Waals surface area (Å²) in [6.07, 6.45) is 1.70. The van der Waals surface area contributed by atoms with Crippen molar-refractivity contribution < 1.29 is 4.79 Å². The fraction of sp³-hybridized carbons (Fsp3) is 0.0833. The number of aromatic nitrogens is 1. The Kier molecular flexibility index (Phi) is 3.54. The van der Waals surface area contributed by atoms with E-state index < -0.39 is 0 Å². The van der Waals surface area contributed by atoms with E-state index >= 15 is 0 Å². The van der Waals surface area contributed by atoms with E-state index in [1.165, 1.54) is 0 Å². The summed E-state index contributed by atoms with van der Waals surface area (Å²) in [4.78, 5) is 14.7. The van der Waals surface area contributed by atoms with Crippen LogP contribution in [0.4, 0.5) is 5.69 Å². The van der Waals surface area contributed by atoms with Crippen LogP contribution in [0.5, 0.6) is 0 Å². The van der Waals surface area contributed by atoms with Crippen molar-refractivity contribution in [3.05, 3.63) is 51.2 Å². The molecule has 0 aliphatic heterocycles. The lowest BCUT2D eigenvalue weighted by molar-refractivity contribution is 0.102. The van der Waals surface area contributed by atoms with Gasteiger partial charge in [-0.2, -0.15) is 0 Å². The number of benzene rings is 1. The number of rotatable bonds is 2. The quantitative estimate of drug-likeness (QED) is 0.865. The smallest absolute Gasteiger partial charge is 0.272 e. The largest absolute Gasteiger partial charge is 0.356 e. The van der Waals surface area contributed by atoms with Gasteiger partial charge in [-0.25, -0.2) is 0 Å². The van der Waals surface area contributed by atoms with Gasteiger partial charge in [-0.1, -0.05) is 17.7 Å². The Morgan fingerprint density at radius 1 is 1.41 bits per heavy atom. The van der Waals surface area contributed by atoms with Crippen molar-refractivity contribution in [2.45, 2.75) is 6.92 Å². The number of carbonyl (C=O) groups is 1. The Balaban J connectivity index is 2.18. The number of hydrogen-bond acceptors (Lipinski definition) is 1. The van der Waals surface area contributed by atoms with Gasteiger partial charge in [0.1, 0.15) is 5.69 Å². The number of aryl methyl sites for hydroxylation is 1. The van der Waals surface area contributed by atoms with Gasteiger partial charge in [0, 0.05) is 10.7 Å². The van der Waals surface area contributed by atoms with Gasteiger partial charge in [-0.3, -0.25) is 4.79 Å². The molecule has 17 heavy (non-hydrogen) atoms. The van der Waals surface area contributed by atoms with E-state index in [1.54, 1.807) is 18.3 Å². The summed E-state index contributed by atoms with van der Waals surface area (Å²) in [6, 6.07) is 7.19. The lowest BCUT2D eigenvalue weighted by atomic mass is 10.2. The second kappa shape index (κ2) is 4.94. The maximum atomic E-state index is 11.8. The minimum Gasteiger partial charge on any atom is -0.356 e. The monoisotopic (exact) mass is 312 g/mol. The van der Waals surface area contributed by atoms with Crippen molar-refractivity contribution in [3.63, 3.8) is 0 Å². The lowest BCUT2D eigenvalue weighted by Crippen LogP contribution is -2.12. The highest BCUT2D eigenvalue weighted by Crippen LogP contribution is 2.23. The van der Waals surface area contributed by atoms with Crippen molar-refractivity contribution >= 4 is 39.1 Å². The van der Waals surface area contributed by atoms with Crippen LogP contribution < -0.4 is 5.32 Å². The molecule has 0 fully saturated rings. The molecule has 0 bridgehead atoms. The summed E-state index contributed by atoms with van der Waals surface area (Å²) in [6.45, 7) is 1.94. The first kappa shape index (κ1) is 12.2. The predicted octanol–water partition coefficient (Wildman–Crippen LogP) is 3.99. The zero-order chi connectivity index (χ0) is 12.4. The average Bonchev–Trinajstić information content (AvgIpc) is 2.69. The van der Waals surface area contributed by atoms with Crippen molar-refractivity contribution in [1.29, 1.82) is 0 Å². The zero-order valence-corrected chi connectivity index (χ0v) is 11.4. The van der Waals surface area contributed by atoms with Crippen molar-refractivity contribution in [2.24, 2.45) is 0 Å². The van der Waals surface area contributed by atoms with E-state index in [9.17, 15) is 4.79 Å². The number of carbonyl (C=O) groups excluding carboxylic acids is 1. The zero-order valence-electron chi connectivity index (χ0n) is 9.05. The minimum atomic E-state index is -0.221. The van der Waals surface area contributed by atoms with Gasteiger partial charge >= 0.3 is 0 Å². The van der Waals surface area contributed by atoms with E-state index in [2.05, 4.69) is 26.2 Å². The third kappa shape index (κ3) is 2.90. The summed E-state index contributed by atoms with van der Waals surface area (Å²) in [5, 5.41) is 3.28. The first-order valence-corrected chi connectivity index (χ1v) is 6.15. The molecule has 0 saturated carbocycles. The highest BCUT2D eigenvalue weighted by molar-refractivity contribution is 9.10. The summed E-state index contributed by atoms with van der Waals surface area (Å²) >= 11 is 9.30. The van der Waals surface area contributed by atoms with Crippen LogP contribution in [0.25, 0.3) is 0 Å². The predicted molar refractivity (Wildman–Crippen MR) is 72.6 cm³/mol. The molecule has 1 aromatic carbocycles. The van der Waals surface area contributed by atoms with Gasteiger partial charge in [-0.15, -0.1) is 0 Å². The van der Waals surface area contributed by atoms with E-state index in [-0.39, 0.29) is 5.91 Å². The Bertz CT molecular complexity index is 565. The molecule has 3 nitrogen and oxygen atoms in total. The van der Waals surface area contributed by atoms with Crippen LogP contribution in [-0.2, 0) is 0 Å². The maximum Gasteiger partial charge on any atom is 0.272 e. The van der Waals surface area contributed by atoms with Gasteiger partial charge in [0.2, 0.25) is 0 Å². The molecule has 1 heterocycles. The second-order valence-electron chi connectivity index (χ2n) is 3.67. The molecule has 5 heteroatoms. The van der Waals surface area contributed by atoms with Gasteiger partial charge in [0.25, 0.3) is 5.91 Å². The fourth-order valence-corrected chi connectivity index (χ4v) is 2.04. The molecule has 0 radical (unpaired) electrons. The van der Waals surface area contributed by atoms with Gasteiger partial charge in [0.15, 0.2) is 0 Å². The van der Waals surface area contributed by atoms with E-state index in [4.69, 9.17) is 11.6 Å². The van der Waals surface area contributed by atoms with Crippen LogP contribution in [0.3, 0.4) is 0 Å². The number of aromatic amines is 1. The topological polar surface area (TPSA) is 44.9 Å². The van der Waals surface area contributed by atoms with E-state index in [0.717, 1.165) is 10.0 Å². The maximum absolute atomic E-state index is 11.8. The van der Waals surface area contributed by atoms with Crippen LogP contribution in [0.15, 0.2) is 34.9 Å². The number of hydrogen-bond donors (Lipinski definition) is 2. The van der Waals surface area contributed by atoms with Gasteiger partial charge < -0.3 is 10.3 Å². The van der Waals surface area contributed by atoms with Crippen LogP contribution in [-0.4, -0.2) is 10.9 Å². The third-order valence-corrected chi connectivity index (χ3v) is 3.04. The number of anilines is 1. The highest BCUT2D eigenvalue weighted by atomic mass is 79.9. The van der Waals surface area contributed by atoms with Crippen LogP contribution in [0.1, 0.15) is 16.1 Å². The van der Waals surface area contributed by atoms with Crippen LogP contribution in [0.2, 0.25) is 5.02 Å². The molecule has 2 N–H and O–H groups in total. The first-order chi connectivity index (χ1) is 8.06. The van der Waals surface area contributed by atoms with Crippen molar-refractivity contribution in [2.75, 3.05) is 5.32 Å². The summed E-state index contributed by atoms with van der Waals surface area (Å²) in [5.41, 5.74) is 2.14. The summed E-state index contributed by atoms with van der Waals surface area (Å²) in [7, 11) is 0. The first-order valence-electron chi connectivity index (χ1n) is 4.97. The number of nitrogens with one attached hydrogen (secondary N) is 2. The minimum absolute atomic E-state index is 0.221. The van der Waals surface area contributed by atoms with E-state index in [0.29, 0.717) is 16.4 Å². The molecule has 0 aliphatic rings. The molecule has 1 aromatic heterocycles. The van der Waals surface area contributed by atoms with Gasteiger partial charge in [-0.05, 0) is 46.6 Å². The Labute approximate surface area is 112 Å². The SMILES string of the molecule is Cc1ccc(NC(=O)c2cc(Br)c[nH]2)c(Cl)c1. The van der Waals surface area contributed by atoms with Crippen LogP contribution >= 0.6 is 27.5 Å². The van der Waals surface area contributed by atoms with Crippen LogP contribution in [0, 0.1) is 6.92 Å². The Morgan fingerprint density at radius 3 is 2.76 bits per heavy atom. The van der Waals surface area contributed by atoms with Crippen molar-refractivity contribution in [1.82, 2.24) is 4.98 Å². The second-order valence-corrected chi connectivity index (χ2v) is 4.99. The molecular formula is C12H10BrClN2O. The summed E-state index contributed by atoms with van der Waals surface area (Å²) < 4.78 is 0.831. The Morgan fingerprint density at radius 2 is 2.18 bits per heavy atom. The molecule has 88 valence electrons. The van der Waals surface area contributed by atoms with Gasteiger partial charge in [0.05, 0.1) is 10.7 Å². The standard InChI is InChI=1S/C12H10BrClN2O/c1-7-2-3-10(9(14)4-7)16-12(17)11-5-8(13)6-15-11/h2-6,15H,1H3,(H,16,17). The molecule has 2 rings (SSSR count). The molecule has 0 spiro atoms. The molecule has 1 amide bonds. The molecule has 2 aromatic rings. The number of amides is 1. The van der Waals surface area contributed by atoms with Crippen molar-refractivity contribution in [3.8, 4) is 0 Å². The normalized spacial score (nSPS) is 10.3. The molecule has 0 saturated heterocycles.